The molecule has 218 valence electrons. The van der Waals surface area contributed by atoms with E-state index in [-0.39, 0.29) is 0 Å². The van der Waals surface area contributed by atoms with Crippen molar-refractivity contribution in [2.75, 3.05) is 0 Å². The molecule has 8 aromatic rings. The van der Waals surface area contributed by atoms with Gasteiger partial charge in [0, 0.05) is 38.4 Å². The first-order valence-corrected chi connectivity index (χ1v) is 15.6. The molecule has 0 aliphatic carbocycles. The first-order valence-electron chi connectivity index (χ1n) is 15.6. The Bertz CT molecular complexity index is 2290. The van der Waals surface area contributed by atoms with E-state index < -0.39 is 0 Å². The fourth-order valence-corrected chi connectivity index (χ4v) is 6.20. The van der Waals surface area contributed by atoms with Gasteiger partial charge in [-0.1, -0.05) is 145 Å². The Labute approximate surface area is 268 Å². The first-order chi connectivity index (χ1) is 22.6. The Hall–Kier alpha value is -5.93. The van der Waals surface area contributed by atoms with Gasteiger partial charge in [0.2, 0.25) is 0 Å². The van der Waals surface area contributed by atoms with Crippen LogP contribution in [0.1, 0.15) is 11.1 Å². The van der Waals surface area contributed by atoms with E-state index in [1.165, 1.54) is 22.1 Å². The third-order valence-corrected chi connectivity index (χ3v) is 8.63. The van der Waals surface area contributed by atoms with Gasteiger partial charge in [0.15, 0.2) is 5.82 Å². The molecule has 0 N–H and O–H groups in total. The van der Waals surface area contributed by atoms with E-state index in [0.29, 0.717) is 5.82 Å². The number of para-hydroxylation sites is 1. The number of fused-ring (bicyclic) bond motifs is 3. The van der Waals surface area contributed by atoms with E-state index in [9.17, 15) is 0 Å². The van der Waals surface area contributed by atoms with Crippen molar-refractivity contribution in [2.45, 2.75) is 13.8 Å². The van der Waals surface area contributed by atoms with Crippen molar-refractivity contribution in [1.82, 2.24) is 15.0 Å². The molecule has 0 spiro atoms. The molecule has 0 amide bonds. The SMILES string of the molecule is Cc1ccc(-c2cc(-c3cccc(-c4cccc5c(-c6ccccc6)nc6ccccc6c45)c3)nc(-c3ccc(C)cc3)n2)cc1. The summed E-state index contributed by atoms with van der Waals surface area (Å²) in [6.45, 7) is 4.20. The molecule has 0 fully saturated rings. The maximum atomic E-state index is 5.14. The van der Waals surface area contributed by atoms with Crippen LogP contribution in [0.15, 0.2) is 152 Å². The van der Waals surface area contributed by atoms with Gasteiger partial charge in [-0.3, -0.25) is 0 Å². The summed E-state index contributed by atoms with van der Waals surface area (Å²) in [5.41, 5.74) is 12.7. The van der Waals surface area contributed by atoms with Gasteiger partial charge in [-0.05, 0) is 43.2 Å². The van der Waals surface area contributed by atoms with E-state index in [2.05, 4.69) is 159 Å². The lowest BCUT2D eigenvalue weighted by atomic mass is 9.92. The summed E-state index contributed by atoms with van der Waals surface area (Å²) in [7, 11) is 0. The maximum absolute atomic E-state index is 5.14. The summed E-state index contributed by atoms with van der Waals surface area (Å²) >= 11 is 0. The van der Waals surface area contributed by atoms with Gasteiger partial charge >= 0.3 is 0 Å². The normalized spacial score (nSPS) is 11.3. The van der Waals surface area contributed by atoms with Crippen molar-refractivity contribution in [2.24, 2.45) is 0 Å². The highest BCUT2D eigenvalue weighted by Gasteiger charge is 2.16. The standard InChI is InChI=1S/C43H31N3/c1-28-18-22-30(23-19-28)39-27-40(46-43(45-39)32-24-20-29(2)21-25-32)34-13-8-12-33(26-34)35-15-9-16-37-41(35)36-14-6-7-17-38(36)44-42(37)31-10-4-3-5-11-31/h3-27H,1-2H3. The molecule has 0 unspecified atom stereocenters. The molecule has 3 nitrogen and oxygen atoms in total. The molecule has 2 heterocycles. The van der Waals surface area contributed by atoms with E-state index in [1.807, 2.05) is 6.07 Å². The van der Waals surface area contributed by atoms with Gasteiger partial charge in [0.05, 0.1) is 22.6 Å². The van der Waals surface area contributed by atoms with Crippen LogP contribution in [0.25, 0.3) is 78.0 Å². The molecule has 3 heteroatoms. The minimum absolute atomic E-state index is 0.716. The summed E-state index contributed by atoms with van der Waals surface area (Å²) in [5.74, 6) is 0.716. The number of aryl methyl sites for hydroxylation is 2. The summed E-state index contributed by atoms with van der Waals surface area (Å²) in [5, 5.41) is 3.48. The number of pyridine rings is 1. The lowest BCUT2D eigenvalue weighted by molar-refractivity contribution is 1.18. The predicted molar refractivity (Wildman–Crippen MR) is 191 cm³/mol. The van der Waals surface area contributed by atoms with Crippen molar-refractivity contribution in [1.29, 1.82) is 0 Å². The van der Waals surface area contributed by atoms with Crippen molar-refractivity contribution in [3.63, 3.8) is 0 Å². The highest BCUT2D eigenvalue weighted by Crippen LogP contribution is 2.39. The average Bonchev–Trinajstić information content (AvgIpc) is 3.12. The monoisotopic (exact) mass is 589 g/mol. The van der Waals surface area contributed by atoms with Crippen LogP contribution in [-0.2, 0) is 0 Å². The molecule has 0 aliphatic rings. The molecule has 46 heavy (non-hydrogen) atoms. The molecule has 0 radical (unpaired) electrons. The second-order valence-corrected chi connectivity index (χ2v) is 11.8. The minimum atomic E-state index is 0.716. The third kappa shape index (κ3) is 5.12. The lowest BCUT2D eigenvalue weighted by Gasteiger charge is -2.15. The van der Waals surface area contributed by atoms with Crippen molar-refractivity contribution in [3.05, 3.63) is 163 Å². The summed E-state index contributed by atoms with van der Waals surface area (Å²) in [4.78, 5) is 15.3. The van der Waals surface area contributed by atoms with Crippen LogP contribution in [0.3, 0.4) is 0 Å². The molecule has 0 bridgehead atoms. The predicted octanol–water partition coefficient (Wildman–Crippen LogP) is 11.1. The smallest absolute Gasteiger partial charge is 0.160 e. The molecule has 6 aromatic carbocycles. The van der Waals surface area contributed by atoms with Crippen LogP contribution in [0.5, 0.6) is 0 Å². The molecule has 0 saturated heterocycles. The highest BCUT2D eigenvalue weighted by molar-refractivity contribution is 6.17. The molecule has 8 rings (SSSR count). The van der Waals surface area contributed by atoms with Gasteiger partial charge < -0.3 is 0 Å². The number of nitrogens with zero attached hydrogens (tertiary/aromatic N) is 3. The number of aromatic nitrogens is 3. The topological polar surface area (TPSA) is 38.7 Å². The first kappa shape index (κ1) is 27.6. The number of rotatable bonds is 5. The highest BCUT2D eigenvalue weighted by atomic mass is 14.9. The Morgan fingerprint density at radius 2 is 0.978 bits per heavy atom. The van der Waals surface area contributed by atoms with Crippen LogP contribution >= 0.6 is 0 Å². The Morgan fingerprint density at radius 1 is 0.391 bits per heavy atom. The molecule has 0 saturated carbocycles. The minimum Gasteiger partial charge on any atom is -0.247 e. The van der Waals surface area contributed by atoms with Gasteiger partial charge in [-0.2, -0.15) is 0 Å². The third-order valence-electron chi connectivity index (χ3n) is 8.63. The van der Waals surface area contributed by atoms with Gasteiger partial charge in [0.25, 0.3) is 0 Å². The Kier molecular flexibility index (Phi) is 6.92. The summed E-state index contributed by atoms with van der Waals surface area (Å²) in [6.07, 6.45) is 0. The van der Waals surface area contributed by atoms with Crippen molar-refractivity contribution >= 4 is 21.7 Å². The number of benzene rings is 6. The zero-order valence-corrected chi connectivity index (χ0v) is 25.8. The van der Waals surface area contributed by atoms with E-state index in [1.54, 1.807) is 0 Å². The quantitative estimate of drug-likeness (QED) is 0.187. The molecule has 2 aromatic heterocycles. The van der Waals surface area contributed by atoms with Crippen LogP contribution in [0.4, 0.5) is 0 Å². The van der Waals surface area contributed by atoms with Gasteiger partial charge in [0.1, 0.15) is 0 Å². The van der Waals surface area contributed by atoms with E-state index in [4.69, 9.17) is 15.0 Å². The fourth-order valence-electron chi connectivity index (χ4n) is 6.20. The van der Waals surface area contributed by atoms with Crippen LogP contribution in [0, 0.1) is 13.8 Å². The molecular formula is C43H31N3. The van der Waals surface area contributed by atoms with Crippen LogP contribution in [-0.4, -0.2) is 15.0 Å². The molecular weight excluding hydrogens is 558 g/mol. The van der Waals surface area contributed by atoms with Crippen molar-refractivity contribution in [3.8, 4) is 56.3 Å². The molecule has 0 aliphatic heterocycles. The summed E-state index contributed by atoms with van der Waals surface area (Å²) in [6, 6.07) is 53.2. The van der Waals surface area contributed by atoms with Gasteiger partial charge in [-0.15, -0.1) is 0 Å². The Balaban J connectivity index is 1.33. The zero-order chi connectivity index (χ0) is 31.0. The lowest BCUT2D eigenvalue weighted by Crippen LogP contribution is -1.96. The number of hydrogen-bond acceptors (Lipinski definition) is 3. The summed E-state index contributed by atoms with van der Waals surface area (Å²) < 4.78 is 0. The van der Waals surface area contributed by atoms with Crippen LogP contribution < -0.4 is 0 Å². The van der Waals surface area contributed by atoms with E-state index >= 15 is 0 Å². The Morgan fingerprint density at radius 3 is 1.74 bits per heavy atom. The number of hydrogen-bond donors (Lipinski definition) is 0. The second kappa shape index (κ2) is 11.5. The fraction of sp³-hybridized carbons (Fsp3) is 0.0465. The maximum Gasteiger partial charge on any atom is 0.160 e. The largest absolute Gasteiger partial charge is 0.247 e. The second-order valence-electron chi connectivity index (χ2n) is 11.8. The van der Waals surface area contributed by atoms with Crippen LogP contribution in [0.2, 0.25) is 0 Å². The van der Waals surface area contributed by atoms with Gasteiger partial charge in [-0.25, -0.2) is 15.0 Å². The average molecular weight is 590 g/mol. The zero-order valence-electron chi connectivity index (χ0n) is 25.8. The van der Waals surface area contributed by atoms with E-state index in [0.717, 1.165) is 61.2 Å². The molecule has 0 atom stereocenters. The van der Waals surface area contributed by atoms with Crippen molar-refractivity contribution < 1.29 is 0 Å².